The minimum atomic E-state index is -0.285. The van der Waals surface area contributed by atoms with Crippen molar-refractivity contribution in [2.45, 2.75) is 26.7 Å². The zero-order valence-electron chi connectivity index (χ0n) is 13.5. The Labute approximate surface area is 137 Å². The number of amides is 1. The van der Waals surface area contributed by atoms with Gasteiger partial charge in [0.2, 0.25) is 11.9 Å². The van der Waals surface area contributed by atoms with Gasteiger partial charge in [0.1, 0.15) is 11.5 Å². The first-order chi connectivity index (χ1) is 11.4. The quantitative estimate of drug-likeness (QED) is 0.765. The summed E-state index contributed by atoms with van der Waals surface area (Å²) in [5, 5.41) is 7.07. The highest BCUT2D eigenvalue weighted by atomic mass is 16.3. The van der Waals surface area contributed by atoms with E-state index in [2.05, 4.69) is 20.4 Å². The molecule has 0 radical (unpaired) electrons. The second kappa shape index (κ2) is 6.15. The highest BCUT2D eigenvalue weighted by Crippen LogP contribution is 2.24. The van der Waals surface area contributed by atoms with Crippen LogP contribution in [0.4, 0.5) is 5.82 Å². The van der Waals surface area contributed by atoms with Crippen LogP contribution < -0.4 is 10.9 Å². The van der Waals surface area contributed by atoms with E-state index in [0.717, 1.165) is 0 Å². The van der Waals surface area contributed by atoms with Crippen molar-refractivity contribution in [2.75, 3.05) is 5.32 Å². The molecule has 0 spiro atoms. The van der Waals surface area contributed by atoms with Gasteiger partial charge in [0, 0.05) is 19.1 Å². The lowest BCUT2D eigenvalue weighted by atomic mass is 10.1. The fraction of sp³-hybridized carbons (Fsp3) is 0.250. The minimum Gasteiger partial charge on any atom is -0.463 e. The lowest BCUT2D eigenvalue weighted by Gasteiger charge is -2.09. The number of carbonyl (C=O) groups is 1. The van der Waals surface area contributed by atoms with Crippen LogP contribution in [0, 0.1) is 0 Å². The molecule has 3 heterocycles. The molecule has 1 amide bonds. The molecule has 0 atom stereocenters. The summed E-state index contributed by atoms with van der Waals surface area (Å²) in [6, 6.07) is 6.60. The summed E-state index contributed by atoms with van der Waals surface area (Å²) >= 11 is 0. The Balaban J connectivity index is 2.15. The van der Waals surface area contributed by atoms with Crippen LogP contribution in [0.25, 0.3) is 17.4 Å². The number of aromatic amines is 1. The van der Waals surface area contributed by atoms with Gasteiger partial charge in [-0.15, -0.1) is 0 Å². The average molecular weight is 327 g/mol. The Morgan fingerprint density at radius 3 is 2.79 bits per heavy atom. The molecule has 8 heteroatoms. The fourth-order valence-electron chi connectivity index (χ4n) is 2.22. The van der Waals surface area contributed by atoms with Crippen molar-refractivity contribution in [3.63, 3.8) is 0 Å². The molecule has 0 aliphatic rings. The molecule has 2 N–H and O–H groups in total. The predicted molar refractivity (Wildman–Crippen MR) is 88.1 cm³/mol. The molecule has 0 saturated heterocycles. The molecule has 124 valence electrons. The van der Waals surface area contributed by atoms with Crippen molar-refractivity contribution in [1.29, 1.82) is 0 Å². The first-order valence-corrected chi connectivity index (χ1v) is 7.47. The molecule has 0 bridgehead atoms. The maximum absolute atomic E-state index is 11.9. The number of carbonyl (C=O) groups excluding carboxylic acids is 1. The number of nitrogens with one attached hydrogen (secondary N) is 2. The van der Waals surface area contributed by atoms with Gasteiger partial charge >= 0.3 is 0 Å². The lowest BCUT2D eigenvalue weighted by Crippen LogP contribution is -2.18. The van der Waals surface area contributed by atoms with E-state index in [-0.39, 0.29) is 23.3 Å². The average Bonchev–Trinajstić information content (AvgIpc) is 3.14. The van der Waals surface area contributed by atoms with Gasteiger partial charge in [0.15, 0.2) is 5.76 Å². The minimum absolute atomic E-state index is 0.0790. The van der Waals surface area contributed by atoms with E-state index in [1.165, 1.54) is 23.9 Å². The van der Waals surface area contributed by atoms with Crippen LogP contribution in [0.2, 0.25) is 0 Å². The zero-order chi connectivity index (χ0) is 17.3. The maximum atomic E-state index is 11.9. The van der Waals surface area contributed by atoms with E-state index in [0.29, 0.717) is 23.0 Å². The standard InChI is InChI=1S/C16H17N5O3/c1-9(2)11-8-15(23)19-16(18-11)21-14(17-10(3)22)7-12(20-21)13-5-4-6-24-13/h4-9H,1-3H3,(H,17,22)(H,18,19,23). The van der Waals surface area contributed by atoms with E-state index in [9.17, 15) is 9.59 Å². The third-order valence-corrected chi connectivity index (χ3v) is 3.33. The van der Waals surface area contributed by atoms with Crippen LogP contribution >= 0.6 is 0 Å². The van der Waals surface area contributed by atoms with Crippen LogP contribution in [0.3, 0.4) is 0 Å². The van der Waals surface area contributed by atoms with Gasteiger partial charge in [0.05, 0.1) is 12.0 Å². The molecule has 0 unspecified atom stereocenters. The first kappa shape index (κ1) is 15.7. The van der Waals surface area contributed by atoms with Gasteiger partial charge < -0.3 is 9.73 Å². The predicted octanol–water partition coefficient (Wildman–Crippen LogP) is 2.30. The topological polar surface area (TPSA) is 106 Å². The van der Waals surface area contributed by atoms with Crippen molar-refractivity contribution < 1.29 is 9.21 Å². The molecule has 0 fully saturated rings. The molecule has 3 aromatic rings. The van der Waals surface area contributed by atoms with E-state index in [1.807, 2.05) is 13.8 Å². The van der Waals surface area contributed by atoms with Crippen LogP contribution in [-0.2, 0) is 4.79 Å². The number of aromatic nitrogens is 4. The molecule has 0 aromatic carbocycles. The van der Waals surface area contributed by atoms with Crippen molar-refractivity contribution in [1.82, 2.24) is 19.7 Å². The Morgan fingerprint density at radius 1 is 1.38 bits per heavy atom. The second-order valence-electron chi connectivity index (χ2n) is 5.63. The van der Waals surface area contributed by atoms with Gasteiger partial charge in [-0.1, -0.05) is 13.8 Å². The molecule has 0 aliphatic heterocycles. The van der Waals surface area contributed by atoms with Crippen molar-refractivity contribution >= 4 is 11.7 Å². The first-order valence-electron chi connectivity index (χ1n) is 7.47. The Morgan fingerprint density at radius 2 is 2.17 bits per heavy atom. The van der Waals surface area contributed by atoms with E-state index in [1.54, 1.807) is 18.2 Å². The molecular weight excluding hydrogens is 310 g/mol. The van der Waals surface area contributed by atoms with Crippen LogP contribution in [0.15, 0.2) is 39.7 Å². The number of hydrogen-bond donors (Lipinski definition) is 2. The molecule has 3 aromatic heterocycles. The largest absolute Gasteiger partial charge is 0.463 e. The number of anilines is 1. The number of nitrogens with zero attached hydrogens (tertiary/aromatic N) is 3. The number of H-pyrrole nitrogens is 1. The van der Waals surface area contributed by atoms with Gasteiger partial charge in [-0.05, 0) is 18.1 Å². The van der Waals surface area contributed by atoms with Gasteiger partial charge in [-0.25, -0.2) is 4.98 Å². The Hall–Kier alpha value is -3.16. The Kier molecular flexibility index (Phi) is 4.03. The summed E-state index contributed by atoms with van der Waals surface area (Å²) in [7, 11) is 0. The van der Waals surface area contributed by atoms with Crippen LogP contribution in [0.5, 0.6) is 0 Å². The van der Waals surface area contributed by atoms with E-state index < -0.39 is 0 Å². The number of hydrogen-bond acceptors (Lipinski definition) is 5. The second-order valence-corrected chi connectivity index (χ2v) is 5.63. The zero-order valence-corrected chi connectivity index (χ0v) is 13.5. The SMILES string of the molecule is CC(=O)Nc1cc(-c2ccco2)nn1-c1nc(C(C)C)cc(=O)[nH]1. The molecule has 0 aliphatic carbocycles. The van der Waals surface area contributed by atoms with Crippen LogP contribution in [-0.4, -0.2) is 25.7 Å². The summed E-state index contributed by atoms with van der Waals surface area (Å²) in [5.41, 5.74) is 0.867. The van der Waals surface area contributed by atoms with E-state index in [4.69, 9.17) is 4.42 Å². The normalized spacial score (nSPS) is 11.0. The van der Waals surface area contributed by atoms with Crippen molar-refractivity contribution in [2.24, 2.45) is 0 Å². The monoisotopic (exact) mass is 327 g/mol. The third kappa shape index (κ3) is 3.12. The molecule has 24 heavy (non-hydrogen) atoms. The molecule has 0 saturated carbocycles. The van der Waals surface area contributed by atoms with Crippen LogP contribution in [0.1, 0.15) is 32.4 Å². The van der Waals surface area contributed by atoms with Gasteiger partial charge in [-0.2, -0.15) is 9.78 Å². The van der Waals surface area contributed by atoms with Crippen molar-refractivity contribution in [3.8, 4) is 17.4 Å². The summed E-state index contributed by atoms with van der Waals surface area (Å²) in [6.07, 6.45) is 1.53. The Bertz CT molecular complexity index is 922. The van der Waals surface area contributed by atoms with Gasteiger partial charge in [-0.3, -0.25) is 14.6 Å². The highest BCUT2D eigenvalue weighted by molar-refractivity contribution is 5.88. The van der Waals surface area contributed by atoms with Crippen molar-refractivity contribution in [3.05, 3.63) is 46.6 Å². The van der Waals surface area contributed by atoms with Gasteiger partial charge in [0.25, 0.3) is 5.56 Å². The molecular formula is C16H17N5O3. The number of rotatable bonds is 4. The highest BCUT2D eigenvalue weighted by Gasteiger charge is 2.16. The smallest absolute Gasteiger partial charge is 0.252 e. The summed E-state index contributed by atoms with van der Waals surface area (Å²) < 4.78 is 6.72. The summed E-state index contributed by atoms with van der Waals surface area (Å²) in [5.74, 6) is 0.980. The van der Waals surface area contributed by atoms with E-state index >= 15 is 0 Å². The number of furan rings is 1. The molecule has 3 rings (SSSR count). The summed E-state index contributed by atoms with van der Waals surface area (Å²) in [6.45, 7) is 5.28. The molecule has 8 nitrogen and oxygen atoms in total. The third-order valence-electron chi connectivity index (χ3n) is 3.33. The fourth-order valence-corrected chi connectivity index (χ4v) is 2.22. The summed E-state index contributed by atoms with van der Waals surface area (Å²) in [4.78, 5) is 30.5. The maximum Gasteiger partial charge on any atom is 0.252 e. The lowest BCUT2D eigenvalue weighted by molar-refractivity contribution is -0.114.